The van der Waals surface area contributed by atoms with Crippen molar-refractivity contribution in [2.24, 2.45) is 5.73 Å². The third-order valence-corrected chi connectivity index (χ3v) is 3.62. The molecule has 0 aliphatic rings. The van der Waals surface area contributed by atoms with E-state index in [2.05, 4.69) is 27.8 Å². The Morgan fingerprint density at radius 3 is 2.38 bits per heavy atom. The molecule has 32 heavy (non-hydrogen) atoms. The first-order valence-electron chi connectivity index (χ1n) is 8.33. The molecule has 0 saturated heterocycles. The van der Waals surface area contributed by atoms with E-state index in [0.29, 0.717) is 11.5 Å². The Bertz CT molecular complexity index is 1080. The second-order valence-corrected chi connectivity index (χ2v) is 5.85. The van der Waals surface area contributed by atoms with Crippen molar-refractivity contribution >= 4 is 23.3 Å². The van der Waals surface area contributed by atoms with Crippen LogP contribution in [0.1, 0.15) is 16.1 Å². The first-order chi connectivity index (χ1) is 14.2. The van der Waals surface area contributed by atoms with Gasteiger partial charge in [-0.1, -0.05) is 16.9 Å². The summed E-state index contributed by atoms with van der Waals surface area (Å²) in [6.07, 6.45) is -3.20. The number of halogens is 3. The third kappa shape index (κ3) is 7.65. The summed E-state index contributed by atoms with van der Waals surface area (Å²) >= 11 is 0. The molecule has 12 heteroatoms. The number of anilines is 2. The number of carbonyl (C=O) groups is 2. The van der Waals surface area contributed by atoms with Crippen LogP contribution in [-0.2, 0) is 43.3 Å². The molecule has 3 aromatic rings. The molecule has 0 fully saturated rings. The SMILES string of the molecule is NC(=O)c1cc(Oc2c[c-]c(NC(=O)Nc3cc[c-]c(C(F)(F)F)c3)cc2)ccn1.[V].[V]. The van der Waals surface area contributed by atoms with Crippen LogP contribution >= 0.6 is 0 Å². The number of nitrogens with two attached hydrogens (primary N) is 1. The number of hydrogen-bond donors (Lipinski definition) is 3. The van der Waals surface area contributed by atoms with E-state index in [-0.39, 0.29) is 54.2 Å². The van der Waals surface area contributed by atoms with Gasteiger partial charge in [-0.25, -0.2) is 4.79 Å². The van der Waals surface area contributed by atoms with Gasteiger partial charge in [0, 0.05) is 55.1 Å². The molecular weight excluding hydrogens is 503 g/mol. The molecule has 2 aromatic carbocycles. The van der Waals surface area contributed by atoms with Crippen LogP contribution in [0.4, 0.5) is 29.3 Å². The number of carbonyl (C=O) groups excluding carboxylic acids is 2. The van der Waals surface area contributed by atoms with Gasteiger partial charge in [0.1, 0.15) is 11.4 Å². The van der Waals surface area contributed by atoms with Crippen LogP contribution < -0.4 is 21.1 Å². The van der Waals surface area contributed by atoms with Crippen LogP contribution in [0.5, 0.6) is 11.5 Å². The first kappa shape index (κ1) is 27.1. The Labute approximate surface area is 204 Å². The summed E-state index contributed by atoms with van der Waals surface area (Å²) in [4.78, 5) is 26.9. The summed E-state index contributed by atoms with van der Waals surface area (Å²) in [6, 6.07) is 14.5. The van der Waals surface area contributed by atoms with Crippen molar-refractivity contribution in [1.29, 1.82) is 0 Å². The Balaban J connectivity index is 0.00000256. The van der Waals surface area contributed by atoms with Crippen molar-refractivity contribution in [2.75, 3.05) is 10.6 Å². The van der Waals surface area contributed by atoms with Crippen molar-refractivity contribution in [3.63, 3.8) is 0 Å². The molecule has 0 spiro atoms. The summed E-state index contributed by atoms with van der Waals surface area (Å²) in [5, 5.41) is 4.74. The molecule has 3 amide bonds. The van der Waals surface area contributed by atoms with Gasteiger partial charge in [-0.3, -0.25) is 9.78 Å². The molecule has 0 aliphatic heterocycles. The van der Waals surface area contributed by atoms with Crippen molar-refractivity contribution in [2.45, 2.75) is 6.18 Å². The van der Waals surface area contributed by atoms with Crippen molar-refractivity contribution in [3.8, 4) is 11.5 Å². The predicted molar refractivity (Wildman–Crippen MR) is 101 cm³/mol. The normalized spacial score (nSPS) is 10.2. The standard InChI is InChI=1S/C20H13F3N4O3.2V/c21-20(22,23)12-2-1-3-14(10-12)27-19(29)26-13-4-6-15(7-5-13)30-16-8-9-25-17(11-16)18(24)28;;/h1,3-4,6-11H,(H2,24,28)(H2,26,27,29);;/q-2;;. The number of rotatable bonds is 5. The number of alkyl halides is 3. The third-order valence-electron chi connectivity index (χ3n) is 3.62. The average Bonchev–Trinajstić information content (AvgIpc) is 2.69. The topological polar surface area (TPSA) is 106 Å². The Kier molecular flexibility index (Phi) is 9.86. The number of primary amides is 1. The zero-order valence-electron chi connectivity index (χ0n) is 16.0. The van der Waals surface area contributed by atoms with E-state index in [1.165, 1.54) is 42.6 Å². The van der Waals surface area contributed by atoms with E-state index in [4.69, 9.17) is 10.5 Å². The number of urea groups is 1. The molecule has 0 unspecified atom stereocenters. The van der Waals surface area contributed by atoms with Crippen LogP contribution in [0, 0.1) is 12.1 Å². The zero-order valence-corrected chi connectivity index (χ0v) is 18.8. The molecule has 0 atom stereocenters. The second kappa shape index (κ2) is 11.6. The van der Waals surface area contributed by atoms with E-state index >= 15 is 0 Å². The fraction of sp³-hybridized carbons (Fsp3) is 0.0500. The van der Waals surface area contributed by atoms with Crippen molar-refractivity contribution < 1.29 is 64.6 Å². The zero-order chi connectivity index (χ0) is 21.7. The van der Waals surface area contributed by atoms with Gasteiger partial charge >= 0.3 is 12.2 Å². The second-order valence-electron chi connectivity index (χ2n) is 5.85. The number of ether oxygens (including phenoxy) is 1. The molecular formula is C20H13F3N4O3V2-2. The maximum Gasteiger partial charge on any atom is 0.394 e. The summed E-state index contributed by atoms with van der Waals surface area (Å²) in [7, 11) is 0. The summed E-state index contributed by atoms with van der Waals surface area (Å²) in [5.41, 5.74) is 4.42. The van der Waals surface area contributed by atoms with Gasteiger partial charge in [0.05, 0.1) is 0 Å². The fourth-order valence-electron chi connectivity index (χ4n) is 2.29. The van der Waals surface area contributed by atoms with Crippen LogP contribution in [0.15, 0.2) is 54.7 Å². The molecule has 4 N–H and O–H groups in total. The molecule has 2 radical (unpaired) electrons. The Morgan fingerprint density at radius 2 is 1.75 bits per heavy atom. The number of amides is 3. The van der Waals surface area contributed by atoms with E-state index in [1.807, 2.05) is 0 Å². The van der Waals surface area contributed by atoms with Crippen LogP contribution in [0.2, 0.25) is 0 Å². The summed E-state index contributed by atoms with van der Waals surface area (Å²) in [6.45, 7) is 0. The summed E-state index contributed by atoms with van der Waals surface area (Å²) in [5.74, 6) is -0.0146. The van der Waals surface area contributed by atoms with Gasteiger partial charge < -0.3 is 21.1 Å². The summed E-state index contributed by atoms with van der Waals surface area (Å²) < 4.78 is 43.7. The smallest absolute Gasteiger partial charge is 0.394 e. The number of nitrogens with one attached hydrogen (secondary N) is 2. The number of pyridine rings is 1. The maximum absolute atomic E-state index is 12.7. The fourth-order valence-corrected chi connectivity index (χ4v) is 2.29. The van der Waals surface area contributed by atoms with Gasteiger partial charge in [0.25, 0.3) is 5.91 Å². The Morgan fingerprint density at radius 1 is 1.00 bits per heavy atom. The van der Waals surface area contributed by atoms with Gasteiger partial charge in [-0.15, -0.1) is 30.3 Å². The molecule has 1 heterocycles. The van der Waals surface area contributed by atoms with Gasteiger partial charge in [0.15, 0.2) is 0 Å². The Hall–Kier alpha value is -2.91. The van der Waals surface area contributed by atoms with E-state index in [0.717, 1.165) is 12.1 Å². The minimum atomic E-state index is -4.56. The van der Waals surface area contributed by atoms with Crippen molar-refractivity contribution in [1.82, 2.24) is 4.98 Å². The van der Waals surface area contributed by atoms with Crippen LogP contribution in [-0.4, -0.2) is 16.9 Å². The van der Waals surface area contributed by atoms with Crippen LogP contribution in [0.3, 0.4) is 0 Å². The van der Waals surface area contributed by atoms with E-state index in [1.54, 1.807) is 0 Å². The monoisotopic (exact) mass is 516 g/mol. The number of benzene rings is 2. The molecule has 0 saturated carbocycles. The molecule has 1 aromatic heterocycles. The molecule has 0 bridgehead atoms. The maximum atomic E-state index is 12.7. The predicted octanol–water partition coefficient (Wildman–Crippen LogP) is 4.23. The quantitative estimate of drug-likeness (QED) is 0.442. The van der Waals surface area contributed by atoms with Crippen molar-refractivity contribution in [3.05, 3.63) is 78.1 Å². The first-order valence-corrected chi connectivity index (χ1v) is 8.33. The van der Waals surface area contributed by atoms with E-state index < -0.39 is 23.7 Å². The van der Waals surface area contributed by atoms with E-state index in [9.17, 15) is 22.8 Å². The van der Waals surface area contributed by atoms with Gasteiger partial charge in [-0.2, -0.15) is 31.4 Å². The largest absolute Gasteiger partial charge is 0.517 e. The number of nitrogens with zero attached hydrogens (tertiary/aromatic N) is 1. The average molecular weight is 516 g/mol. The number of hydrogen-bond acceptors (Lipinski definition) is 4. The van der Waals surface area contributed by atoms with Crippen LogP contribution in [0.25, 0.3) is 0 Å². The minimum Gasteiger partial charge on any atom is -0.517 e. The molecule has 3 rings (SSSR count). The number of aromatic nitrogens is 1. The van der Waals surface area contributed by atoms with Gasteiger partial charge in [0.2, 0.25) is 0 Å². The minimum absolute atomic E-state index is 0. The van der Waals surface area contributed by atoms with Gasteiger partial charge in [-0.05, 0) is 6.07 Å². The molecule has 164 valence electrons. The molecule has 7 nitrogen and oxygen atoms in total. The molecule has 0 aliphatic carbocycles.